The number of Topliss-reactive ketones (excluding diaryl/α,β-unsaturated/α-hetero) is 1. The number of allylic oxidation sites excluding steroid dienone is 1. The van der Waals surface area contributed by atoms with E-state index in [1.54, 1.807) is 0 Å². The van der Waals surface area contributed by atoms with Crippen molar-refractivity contribution in [1.29, 1.82) is 5.26 Å². The summed E-state index contributed by atoms with van der Waals surface area (Å²) >= 11 is 0. The van der Waals surface area contributed by atoms with Crippen molar-refractivity contribution in [2.45, 2.75) is 31.3 Å². The predicted molar refractivity (Wildman–Crippen MR) is 72.9 cm³/mol. The fraction of sp³-hybridized carbons (Fsp3) is 0.438. The minimum Gasteiger partial charge on any atom is -0.368 e. The van der Waals surface area contributed by atoms with E-state index in [4.69, 9.17) is 4.74 Å². The van der Waals surface area contributed by atoms with Gasteiger partial charge < -0.3 is 4.74 Å². The molecular formula is C16H14F2N2O2. The summed E-state index contributed by atoms with van der Waals surface area (Å²) in [7, 11) is 1.39. The van der Waals surface area contributed by atoms with Gasteiger partial charge in [0.05, 0.1) is 11.3 Å². The highest BCUT2D eigenvalue weighted by Gasteiger charge is 2.59. The normalized spacial score (nSPS) is 26.0. The zero-order valence-corrected chi connectivity index (χ0v) is 12.0. The largest absolute Gasteiger partial charge is 0.368 e. The third-order valence-corrected chi connectivity index (χ3v) is 4.52. The molecule has 2 aliphatic rings. The highest BCUT2D eigenvalue weighted by molar-refractivity contribution is 6.06. The summed E-state index contributed by atoms with van der Waals surface area (Å²) < 4.78 is 32.1. The minimum absolute atomic E-state index is 0.0310. The van der Waals surface area contributed by atoms with Crippen LogP contribution >= 0.6 is 0 Å². The van der Waals surface area contributed by atoms with Crippen LogP contribution in [0.1, 0.15) is 36.9 Å². The zero-order chi connectivity index (χ0) is 16.0. The van der Waals surface area contributed by atoms with E-state index in [1.807, 2.05) is 6.07 Å². The predicted octanol–water partition coefficient (Wildman–Crippen LogP) is 3.06. The number of halogens is 2. The van der Waals surface area contributed by atoms with Crippen molar-refractivity contribution in [2.24, 2.45) is 5.41 Å². The molecule has 1 heterocycles. The molecule has 1 spiro atoms. The summed E-state index contributed by atoms with van der Waals surface area (Å²) in [5, 5.41) is 9.21. The third-order valence-electron chi connectivity index (χ3n) is 4.52. The molecule has 114 valence electrons. The highest BCUT2D eigenvalue weighted by Crippen LogP contribution is 2.59. The first-order valence-electron chi connectivity index (χ1n) is 6.94. The van der Waals surface area contributed by atoms with E-state index in [-0.39, 0.29) is 29.0 Å². The lowest BCUT2D eigenvalue weighted by molar-refractivity contribution is -0.124. The average molecular weight is 304 g/mol. The molecular weight excluding hydrogens is 290 g/mol. The van der Waals surface area contributed by atoms with Crippen LogP contribution in [0.5, 0.6) is 0 Å². The van der Waals surface area contributed by atoms with Crippen molar-refractivity contribution >= 4 is 5.78 Å². The molecule has 0 N–H and O–H groups in total. The summed E-state index contributed by atoms with van der Waals surface area (Å²) in [5.41, 5.74) is -2.10. The maximum Gasteiger partial charge on any atom is 0.265 e. The van der Waals surface area contributed by atoms with Crippen molar-refractivity contribution < 1.29 is 18.3 Å². The van der Waals surface area contributed by atoms with Crippen LogP contribution in [0.2, 0.25) is 0 Å². The molecule has 22 heavy (non-hydrogen) atoms. The summed E-state index contributed by atoms with van der Waals surface area (Å²) in [6.45, 7) is 0. The Hall–Kier alpha value is -2.13. The number of nitrogens with zero attached hydrogens (tertiary/aromatic N) is 2. The Balaban J connectivity index is 2.20. The number of carbonyl (C=O) groups excluding carboxylic acids is 1. The first-order chi connectivity index (χ1) is 10.5. The summed E-state index contributed by atoms with van der Waals surface area (Å²) in [6.07, 6.45) is 1.60. The Kier molecular flexibility index (Phi) is 3.33. The van der Waals surface area contributed by atoms with Gasteiger partial charge in [0.25, 0.3) is 6.43 Å². The quantitative estimate of drug-likeness (QED) is 0.861. The first kappa shape index (κ1) is 14.8. The number of alkyl halides is 2. The van der Waals surface area contributed by atoms with E-state index < -0.39 is 17.4 Å². The molecule has 3 rings (SSSR count). The molecule has 0 saturated heterocycles. The molecule has 0 radical (unpaired) electrons. The highest BCUT2D eigenvalue weighted by atomic mass is 19.3. The number of aromatic nitrogens is 1. The van der Waals surface area contributed by atoms with Gasteiger partial charge in [0.2, 0.25) is 0 Å². The average Bonchev–Trinajstić information content (AvgIpc) is 3.30. The van der Waals surface area contributed by atoms with Crippen LogP contribution in [0.25, 0.3) is 0 Å². The van der Waals surface area contributed by atoms with Crippen LogP contribution in [-0.4, -0.2) is 17.9 Å². The summed E-state index contributed by atoms with van der Waals surface area (Å²) in [6, 6.07) is 4.60. The second-order valence-corrected chi connectivity index (χ2v) is 5.79. The SMILES string of the molecule is COC1(c2ncccc2C(F)F)C=C(C#N)C(=O)C2(CC2)C1. The molecule has 1 atom stereocenters. The van der Waals surface area contributed by atoms with Crippen LogP contribution in [-0.2, 0) is 15.1 Å². The Labute approximate surface area is 126 Å². The van der Waals surface area contributed by atoms with Gasteiger partial charge >= 0.3 is 0 Å². The number of hydrogen-bond acceptors (Lipinski definition) is 4. The lowest BCUT2D eigenvalue weighted by Gasteiger charge is -2.37. The number of ketones is 1. The maximum absolute atomic E-state index is 13.3. The number of ether oxygens (including phenoxy) is 1. The van der Waals surface area contributed by atoms with E-state index in [9.17, 15) is 18.8 Å². The molecule has 4 nitrogen and oxygen atoms in total. The van der Waals surface area contributed by atoms with Gasteiger partial charge in [-0.3, -0.25) is 9.78 Å². The Morgan fingerprint density at radius 2 is 2.18 bits per heavy atom. The van der Waals surface area contributed by atoms with Crippen LogP contribution < -0.4 is 0 Å². The summed E-state index contributed by atoms with van der Waals surface area (Å²) in [4.78, 5) is 16.4. The molecule has 1 aromatic rings. The van der Waals surface area contributed by atoms with E-state index in [1.165, 1.54) is 31.5 Å². The van der Waals surface area contributed by atoms with E-state index in [0.717, 1.165) is 0 Å². The number of rotatable bonds is 3. The standard InChI is InChI=1S/C16H14F2N2O2/c1-22-16(12-11(14(17)18)3-2-6-20-12)7-10(8-19)13(21)15(9-16)4-5-15/h2-3,6-7,14H,4-5,9H2,1H3. The fourth-order valence-electron chi connectivity index (χ4n) is 3.18. The van der Waals surface area contributed by atoms with E-state index in [0.29, 0.717) is 12.8 Å². The van der Waals surface area contributed by atoms with Gasteiger partial charge in [0.1, 0.15) is 11.7 Å². The second kappa shape index (κ2) is 4.96. The van der Waals surface area contributed by atoms with E-state index >= 15 is 0 Å². The maximum atomic E-state index is 13.3. The van der Waals surface area contributed by atoms with Gasteiger partial charge in [-0.25, -0.2) is 8.78 Å². The van der Waals surface area contributed by atoms with Crippen LogP contribution in [0.15, 0.2) is 30.0 Å². The van der Waals surface area contributed by atoms with Gasteiger partial charge in [-0.05, 0) is 37.5 Å². The molecule has 2 aliphatic carbocycles. The molecule has 0 bridgehead atoms. The number of nitriles is 1. The van der Waals surface area contributed by atoms with Gasteiger partial charge in [0.15, 0.2) is 5.78 Å². The second-order valence-electron chi connectivity index (χ2n) is 5.79. The van der Waals surface area contributed by atoms with Crippen molar-refractivity contribution in [3.63, 3.8) is 0 Å². The first-order valence-corrected chi connectivity index (χ1v) is 6.94. The van der Waals surface area contributed by atoms with Crippen LogP contribution in [0.3, 0.4) is 0 Å². The fourth-order valence-corrected chi connectivity index (χ4v) is 3.18. The Bertz CT molecular complexity index is 704. The van der Waals surface area contributed by atoms with Crippen molar-refractivity contribution in [1.82, 2.24) is 4.98 Å². The van der Waals surface area contributed by atoms with Crippen molar-refractivity contribution in [2.75, 3.05) is 7.11 Å². The number of methoxy groups -OCH3 is 1. The van der Waals surface area contributed by atoms with Crippen molar-refractivity contribution in [3.8, 4) is 6.07 Å². The van der Waals surface area contributed by atoms with Gasteiger partial charge in [-0.1, -0.05) is 0 Å². The lowest BCUT2D eigenvalue weighted by Crippen LogP contribution is -2.39. The monoisotopic (exact) mass is 304 g/mol. The lowest BCUT2D eigenvalue weighted by atomic mass is 9.73. The molecule has 1 unspecified atom stereocenters. The van der Waals surface area contributed by atoms with Crippen LogP contribution in [0, 0.1) is 16.7 Å². The Morgan fingerprint density at radius 3 is 2.73 bits per heavy atom. The van der Waals surface area contributed by atoms with Gasteiger partial charge in [-0.15, -0.1) is 0 Å². The summed E-state index contributed by atoms with van der Waals surface area (Å²) in [5.74, 6) is -0.211. The number of hydrogen-bond donors (Lipinski definition) is 0. The molecule has 0 aromatic carbocycles. The van der Waals surface area contributed by atoms with Crippen molar-refractivity contribution in [3.05, 3.63) is 41.2 Å². The van der Waals surface area contributed by atoms with E-state index in [2.05, 4.69) is 4.98 Å². The molecule has 0 aliphatic heterocycles. The zero-order valence-electron chi connectivity index (χ0n) is 12.0. The Morgan fingerprint density at radius 1 is 1.45 bits per heavy atom. The number of carbonyl (C=O) groups is 1. The molecule has 1 fully saturated rings. The smallest absolute Gasteiger partial charge is 0.265 e. The topological polar surface area (TPSA) is 63.0 Å². The van der Waals surface area contributed by atoms with Gasteiger partial charge in [-0.2, -0.15) is 5.26 Å². The third kappa shape index (κ3) is 2.04. The number of pyridine rings is 1. The molecule has 1 saturated carbocycles. The molecule has 0 amide bonds. The minimum atomic E-state index is -2.71. The van der Waals surface area contributed by atoms with Crippen LogP contribution in [0.4, 0.5) is 8.78 Å². The molecule has 6 heteroatoms. The molecule has 1 aromatic heterocycles. The van der Waals surface area contributed by atoms with Gasteiger partial charge in [0, 0.05) is 24.3 Å².